The number of aryl methyl sites for hydroxylation is 1. The summed E-state index contributed by atoms with van der Waals surface area (Å²) >= 11 is 0. The summed E-state index contributed by atoms with van der Waals surface area (Å²) in [6.45, 7) is 3.26. The van der Waals surface area contributed by atoms with E-state index in [0.29, 0.717) is 19.3 Å². The van der Waals surface area contributed by atoms with Crippen LogP contribution in [0.5, 0.6) is 5.75 Å². The normalized spacial score (nSPS) is 22.7. The third-order valence-electron chi connectivity index (χ3n) is 3.55. The van der Waals surface area contributed by atoms with Gasteiger partial charge >= 0.3 is 0 Å². The molecule has 0 radical (unpaired) electrons. The van der Waals surface area contributed by atoms with Crippen molar-refractivity contribution in [3.05, 3.63) is 29.8 Å². The van der Waals surface area contributed by atoms with Crippen LogP contribution in [0.2, 0.25) is 0 Å². The van der Waals surface area contributed by atoms with Crippen LogP contribution < -0.4 is 4.74 Å². The average molecular weight is 259 g/mol. The Bertz CT molecular complexity index is 431. The lowest BCUT2D eigenvalue weighted by Crippen LogP contribution is -2.23. The molecule has 1 aliphatic carbocycles. The van der Waals surface area contributed by atoms with Gasteiger partial charge in [0.05, 0.1) is 18.8 Å². The van der Waals surface area contributed by atoms with Crippen LogP contribution in [-0.4, -0.2) is 19.3 Å². The molecule has 1 fully saturated rings. The van der Waals surface area contributed by atoms with Crippen LogP contribution in [0.25, 0.3) is 0 Å². The molecule has 1 saturated carbocycles. The van der Waals surface area contributed by atoms with E-state index in [0.717, 1.165) is 31.4 Å². The lowest BCUT2D eigenvalue weighted by atomic mass is 9.88. The van der Waals surface area contributed by atoms with Crippen LogP contribution in [0.4, 0.5) is 0 Å². The van der Waals surface area contributed by atoms with Gasteiger partial charge in [-0.05, 0) is 50.3 Å². The highest BCUT2D eigenvalue weighted by Crippen LogP contribution is 2.25. The summed E-state index contributed by atoms with van der Waals surface area (Å²) in [6.07, 6.45) is 4.26. The maximum absolute atomic E-state index is 8.83. The molecule has 0 atom stereocenters. The Morgan fingerprint density at radius 3 is 2.68 bits per heavy atom. The van der Waals surface area contributed by atoms with E-state index in [2.05, 4.69) is 19.1 Å². The fourth-order valence-electron chi connectivity index (χ4n) is 2.44. The van der Waals surface area contributed by atoms with Gasteiger partial charge in [-0.3, -0.25) is 0 Å². The molecule has 0 bridgehead atoms. The minimum absolute atomic E-state index is 0.239. The molecular formula is C16H21NO2. The Hall–Kier alpha value is -1.53. The first kappa shape index (κ1) is 13.9. The fourth-order valence-corrected chi connectivity index (χ4v) is 2.44. The van der Waals surface area contributed by atoms with Crippen molar-refractivity contribution in [3.8, 4) is 11.8 Å². The maximum Gasteiger partial charge on any atom is 0.119 e. The molecule has 1 aromatic rings. The van der Waals surface area contributed by atoms with E-state index >= 15 is 0 Å². The van der Waals surface area contributed by atoms with Crippen LogP contribution in [0, 0.1) is 24.2 Å². The highest BCUT2D eigenvalue weighted by atomic mass is 16.5. The van der Waals surface area contributed by atoms with E-state index in [1.165, 1.54) is 5.56 Å². The lowest BCUT2D eigenvalue weighted by Gasteiger charge is -2.24. The Morgan fingerprint density at radius 2 is 2.00 bits per heavy atom. The smallest absolute Gasteiger partial charge is 0.119 e. The van der Waals surface area contributed by atoms with Crippen LogP contribution in [0.15, 0.2) is 24.3 Å². The van der Waals surface area contributed by atoms with Crippen LogP contribution in [0.1, 0.15) is 31.2 Å². The molecule has 0 spiro atoms. The number of hydrogen-bond donors (Lipinski definition) is 0. The number of nitriles is 1. The third-order valence-corrected chi connectivity index (χ3v) is 3.55. The monoisotopic (exact) mass is 259 g/mol. The quantitative estimate of drug-likeness (QED) is 0.760. The maximum atomic E-state index is 8.83. The molecule has 0 aromatic heterocycles. The molecule has 1 aliphatic rings. The Kier molecular flexibility index (Phi) is 5.23. The van der Waals surface area contributed by atoms with Gasteiger partial charge in [0.25, 0.3) is 0 Å². The number of ether oxygens (including phenoxy) is 2. The summed E-state index contributed by atoms with van der Waals surface area (Å²) in [4.78, 5) is 0. The summed E-state index contributed by atoms with van der Waals surface area (Å²) in [5, 5.41) is 8.83. The van der Waals surface area contributed by atoms with Crippen molar-refractivity contribution in [3.63, 3.8) is 0 Å². The second-order valence-corrected chi connectivity index (χ2v) is 5.14. The van der Waals surface area contributed by atoms with Gasteiger partial charge in [0.15, 0.2) is 0 Å². The minimum atomic E-state index is 0.239. The average Bonchev–Trinajstić information content (AvgIpc) is 2.44. The zero-order valence-corrected chi connectivity index (χ0v) is 11.5. The molecule has 0 heterocycles. The highest BCUT2D eigenvalue weighted by Gasteiger charge is 2.20. The van der Waals surface area contributed by atoms with Crippen molar-refractivity contribution in [2.75, 3.05) is 13.2 Å². The molecule has 102 valence electrons. The third kappa shape index (κ3) is 4.57. The summed E-state index contributed by atoms with van der Waals surface area (Å²) in [5.41, 5.74) is 1.20. The van der Waals surface area contributed by atoms with Crippen molar-refractivity contribution < 1.29 is 9.47 Å². The van der Waals surface area contributed by atoms with Crippen molar-refractivity contribution in [2.24, 2.45) is 5.92 Å². The van der Waals surface area contributed by atoms with Gasteiger partial charge in [-0.25, -0.2) is 0 Å². The Balaban J connectivity index is 1.61. The standard InChI is InChI=1S/C16H21NO2/c1-13-3-2-4-16(11-13)19-10-9-18-15-7-5-14(12-17)6-8-15/h2-4,11,14-15H,5-10H2,1H3. The SMILES string of the molecule is Cc1cccc(OCCOC2CCC(C#N)CC2)c1. The van der Waals surface area contributed by atoms with Gasteiger partial charge < -0.3 is 9.47 Å². The topological polar surface area (TPSA) is 42.2 Å². The van der Waals surface area contributed by atoms with Gasteiger partial charge in [-0.15, -0.1) is 0 Å². The van der Waals surface area contributed by atoms with E-state index in [-0.39, 0.29) is 5.92 Å². The molecule has 0 aliphatic heterocycles. The van der Waals surface area contributed by atoms with E-state index in [9.17, 15) is 0 Å². The molecule has 0 amide bonds. The van der Waals surface area contributed by atoms with Crippen molar-refractivity contribution >= 4 is 0 Å². The summed E-state index contributed by atoms with van der Waals surface area (Å²) in [7, 11) is 0. The van der Waals surface area contributed by atoms with E-state index in [4.69, 9.17) is 14.7 Å². The van der Waals surface area contributed by atoms with Gasteiger partial charge in [0.1, 0.15) is 12.4 Å². The van der Waals surface area contributed by atoms with Gasteiger partial charge in [-0.1, -0.05) is 12.1 Å². The summed E-state index contributed by atoms with van der Waals surface area (Å²) in [5.74, 6) is 1.14. The number of rotatable bonds is 5. The van der Waals surface area contributed by atoms with E-state index in [1.807, 2.05) is 18.2 Å². The zero-order chi connectivity index (χ0) is 13.5. The molecule has 1 aromatic carbocycles. The molecule has 0 N–H and O–H groups in total. The van der Waals surface area contributed by atoms with Crippen molar-refractivity contribution in [2.45, 2.75) is 38.7 Å². The lowest BCUT2D eigenvalue weighted by molar-refractivity contribution is 0.00822. The van der Waals surface area contributed by atoms with Crippen LogP contribution in [-0.2, 0) is 4.74 Å². The first-order chi connectivity index (χ1) is 9.28. The molecule has 3 heteroatoms. The fraction of sp³-hybridized carbons (Fsp3) is 0.562. The van der Waals surface area contributed by atoms with Crippen LogP contribution in [0.3, 0.4) is 0 Å². The Labute approximate surface area is 115 Å². The molecular weight excluding hydrogens is 238 g/mol. The van der Waals surface area contributed by atoms with Gasteiger partial charge in [0.2, 0.25) is 0 Å². The van der Waals surface area contributed by atoms with Gasteiger partial charge in [-0.2, -0.15) is 5.26 Å². The van der Waals surface area contributed by atoms with E-state index < -0.39 is 0 Å². The van der Waals surface area contributed by atoms with E-state index in [1.54, 1.807) is 0 Å². The summed E-state index contributed by atoms with van der Waals surface area (Å²) in [6, 6.07) is 10.4. The molecule has 3 nitrogen and oxygen atoms in total. The van der Waals surface area contributed by atoms with Gasteiger partial charge in [0, 0.05) is 5.92 Å². The highest BCUT2D eigenvalue weighted by molar-refractivity contribution is 5.27. The molecule has 19 heavy (non-hydrogen) atoms. The number of benzene rings is 1. The first-order valence-electron chi connectivity index (χ1n) is 6.98. The summed E-state index contributed by atoms with van der Waals surface area (Å²) < 4.78 is 11.4. The predicted octanol–water partition coefficient (Wildman–Crippen LogP) is 3.47. The molecule has 2 rings (SSSR count). The van der Waals surface area contributed by atoms with Crippen molar-refractivity contribution in [1.29, 1.82) is 5.26 Å². The molecule has 0 saturated heterocycles. The number of nitrogens with zero attached hydrogens (tertiary/aromatic N) is 1. The first-order valence-corrected chi connectivity index (χ1v) is 6.98. The number of hydrogen-bond acceptors (Lipinski definition) is 3. The minimum Gasteiger partial charge on any atom is -0.491 e. The zero-order valence-electron chi connectivity index (χ0n) is 11.5. The van der Waals surface area contributed by atoms with Crippen molar-refractivity contribution in [1.82, 2.24) is 0 Å². The molecule has 0 unspecified atom stereocenters. The Morgan fingerprint density at radius 1 is 1.21 bits per heavy atom. The second kappa shape index (κ2) is 7.16. The second-order valence-electron chi connectivity index (χ2n) is 5.14. The van der Waals surface area contributed by atoms with Crippen LogP contribution >= 0.6 is 0 Å². The largest absolute Gasteiger partial charge is 0.491 e. The predicted molar refractivity (Wildman–Crippen MR) is 74.0 cm³/mol.